The summed E-state index contributed by atoms with van der Waals surface area (Å²) in [5.41, 5.74) is 4.83. The minimum atomic E-state index is -0.193. The van der Waals surface area contributed by atoms with E-state index in [1.54, 1.807) is 17.8 Å². The predicted octanol–water partition coefficient (Wildman–Crippen LogP) is 3.96. The van der Waals surface area contributed by atoms with Gasteiger partial charge >= 0.3 is 0 Å². The molecule has 45 heavy (non-hydrogen) atoms. The first-order valence-electron chi connectivity index (χ1n) is 15.8. The lowest BCUT2D eigenvalue weighted by Crippen LogP contribution is -2.51. The molecule has 11 heteroatoms. The number of pyridine rings is 1. The molecule has 3 aliphatic heterocycles. The largest absolute Gasteiger partial charge is 0.379 e. The third kappa shape index (κ3) is 6.03. The number of fused-ring (bicyclic) bond motifs is 2. The van der Waals surface area contributed by atoms with Crippen molar-refractivity contribution >= 4 is 17.4 Å². The van der Waals surface area contributed by atoms with Gasteiger partial charge in [0.25, 0.3) is 5.91 Å². The van der Waals surface area contributed by atoms with Crippen LogP contribution in [0.15, 0.2) is 67.1 Å². The molecule has 1 unspecified atom stereocenters. The summed E-state index contributed by atoms with van der Waals surface area (Å²) in [6.45, 7) is 6.18. The van der Waals surface area contributed by atoms with Gasteiger partial charge in [0, 0.05) is 76.5 Å². The second-order valence-corrected chi connectivity index (χ2v) is 12.0. The molecule has 1 aliphatic carbocycles. The zero-order valence-corrected chi connectivity index (χ0v) is 25.9. The smallest absolute Gasteiger partial charge is 0.257 e. The highest BCUT2D eigenvalue weighted by atomic mass is 16.5. The number of hydrogen-bond donors (Lipinski definition) is 1. The van der Waals surface area contributed by atoms with Gasteiger partial charge in [-0.3, -0.25) is 9.69 Å². The van der Waals surface area contributed by atoms with Crippen LogP contribution in [0.4, 0.5) is 5.82 Å². The Morgan fingerprint density at radius 1 is 1.07 bits per heavy atom. The highest BCUT2D eigenvalue weighted by Crippen LogP contribution is 2.35. The monoisotopic (exact) mass is 608 g/mol. The van der Waals surface area contributed by atoms with E-state index in [1.807, 2.05) is 37.5 Å². The molecule has 1 saturated heterocycles. The van der Waals surface area contributed by atoms with Gasteiger partial charge in [-0.15, -0.1) is 0 Å². The molecular weight excluding hydrogens is 568 g/mol. The number of ether oxygens (including phenoxy) is 2. The molecule has 0 spiro atoms. The van der Waals surface area contributed by atoms with Crippen molar-refractivity contribution in [3.63, 3.8) is 0 Å². The van der Waals surface area contributed by atoms with Crippen molar-refractivity contribution in [2.45, 2.75) is 44.5 Å². The van der Waals surface area contributed by atoms with E-state index in [2.05, 4.69) is 55.2 Å². The molecule has 0 bridgehead atoms. The Morgan fingerprint density at radius 2 is 1.91 bits per heavy atom. The molecule has 0 radical (unpaired) electrons. The molecule has 2 aromatic heterocycles. The molecule has 2 atom stereocenters. The number of rotatable bonds is 11. The second kappa shape index (κ2) is 13.0. The third-order valence-corrected chi connectivity index (χ3v) is 9.08. The number of methoxy groups -OCH3 is 1. The summed E-state index contributed by atoms with van der Waals surface area (Å²) < 4.78 is 15.0. The van der Waals surface area contributed by atoms with Gasteiger partial charge < -0.3 is 24.3 Å². The summed E-state index contributed by atoms with van der Waals surface area (Å²) in [4.78, 5) is 28.0. The molecular formula is C34H40N8O3. The van der Waals surface area contributed by atoms with Crippen molar-refractivity contribution in [3.8, 4) is 22.6 Å². The molecule has 1 N–H and O–H groups in total. The van der Waals surface area contributed by atoms with Gasteiger partial charge in [0.05, 0.1) is 37.3 Å². The maximum atomic E-state index is 13.5. The number of benzene rings is 1. The first-order valence-corrected chi connectivity index (χ1v) is 15.8. The fourth-order valence-electron chi connectivity index (χ4n) is 6.38. The van der Waals surface area contributed by atoms with Crippen molar-refractivity contribution in [3.05, 3.63) is 78.2 Å². The topological polar surface area (TPSA) is 102 Å². The molecule has 11 nitrogen and oxygen atoms in total. The van der Waals surface area contributed by atoms with E-state index in [0.717, 1.165) is 87.1 Å². The van der Waals surface area contributed by atoms with Gasteiger partial charge in [-0.2, -0.15) is 9.61 Å². The average molecular weight is 609 g/mol. The van der Waals surface area contributed by atoms with E-state index < -0.39 is 0 Å². The van der Waals surface area contributed by atoms with Crippen LogP contribution in [-0.2, 0) is 22.6 Å². The number of hydrogen-bond acceptors (Lipinski definition) is 8. The van der Waals surface area contributed by atoms with Crippen LogP contribution in [0.25, 0.3) is 28.3 Å². The lowest BCUT2D eigenvalue weighted by Gasteiger charge is -2.35. The van der Waals surface area contributed by atoms with Crippen LogP contribution in [0, 0.1) is 0 Å². The quantitative estimate of drug-likeness (QED) is 0.241. The fraction of sp³-hybridized carbons (Fsp3) is 0.412. The number of carbonyl (C=O) groups excluding carboxylic acids is 1. The van der Waals surface area contributed by atoms with Crippen LogP contribution in [0.3, 0.4) is 0 Å². The Bertz CT molecular complexity index is 1730. The van der Waals surface area contributed by atoms with E-state index in [0.29, 0.717) is 17.8 Å². The van der Waals surface area contributed by atoms with Crippen LogP contribution >= 0.6 is 0 Å². The first kappa shape index (κ1) is 29.4. The van der Waals surface area contributed by atoms with Gasteiger partial charge in [0.1, 0.15) is 17.2 Å². The molecule has 1 amide bonds. The van der Waals surface area contributed by atoms with Crippen LogP contribution in [-0.4, -0.2) is 94.1 Å². The van der Waals surface area contributed by atoms with E-state index in [1.165, 1.54) is 5.56 Å². The Morgan fingerprint density at radius 3 is 2.69 bits per heavy atom. The lowest BCUT2D eigenvalue weighted by molar-refractivity contribution is 0.00732. The van der Waals surface area contributed by atoms with E-state index in [9.17, 15) is 4.79 Å². The standard InChI is InChI=1S/C34H40N8O3/c1-39(23-24-8-4-3-5-9-24)31-20-29(37-33-27(22-36-42(31)33)34(43)38-28-11-12-30(28)44-2)26-21-35-32-25(26)10-6-14-41(32)15-7-13-40-16-18-45-19-17-40/h3-6,8-10,14,20-22,28,30H,7,11-13,15-19,23H2,1-2H3,(H,38,43)/t28?,30-/m0/s1. The van der Waals surface area contributed by atoms with Crippen molar-refractivity contribution in [1.29, 1.82) is 0 Å². The van der Waals surface area contributed by atoms with Gasteiger partial charge in [0.2, 0.25) is 0 Å². The van der Waals surface area contributed by atoms with Crippen molar-refractivity contribution in [2.75, 3.05) is 51.9 Å². The predicted molar refractivity (Wildman–Crippen MR) is 173 cm³/mol. The van der Waals surface area contributed by atoms with E-state index in [-0.39, 0.29) is 18.1 Å². The molecule has 2 fully saturated rings. The normalized spacial score (nSPS) is 18.7. The highest BCUT2D eigenvalue weighted by Gasteiger charge is 2.33. The Labute approximate surface area is 263 Å². The Hall–Kier alpha value is -4.32. The minimum absolute atomic E-state index is 0.0113. The summed E-state index contributed by atoms with van der Waals surface area (Å²) in [6, 6.07) is 16.5. The van der Waals surface area contributed by atoms with Gasteiger partial charge in [0.15, 0.2) is 5.65 Å². The molecule has 3 aromatic rings. The lowest BCUT2D eigenvalue weighted by atomic mass is 9.89. The van der Waals surface area contributed by atoms with Gasteiger partial charge in [-0.25, -0.2) is 9.97 Å². The number of amides is 1. The molecule has 4 aliphatic rings. The van der Waals surface area contributed by atoms with Gasteiger partial charge in [-0.05, 0) is 37.0 Å². The van der Waals surface area contributed by atoms with Gasteiger partial charge in [-0.1, -0.05) is 30.3 Å². The van der Waals surface area contributed by atoms with Crippen molar-refractivity contribution in [1.82, 2.24) is 34.4 Å². The highest BCUT2D eigenvalue weighted by molar-refractivity contribution is 6.00. The molecule has 1 saturated carbocycles. The maximum Gasteiger partial charge on any atom is 0.257 e. The summed E-state index contributed by atoms with van der Waals surface area (Å²) in [5.74, 6) is 1.57. The summed E-state index contributed by atoms with van der Waals surface area (Å²) in [5, 5.41) is 7.79. The number of carbonyl (C=O) groups is 1. The van der Waals surface area contributed by atoms with Crippen molar-refractivity contribution < 1.29 is 14.3 Å². The third-order valence-electron chi connectivity index (χ3n) is 9.08. The number of nitrogens with zero attached hydrogens (tertiary/aromatic N) is 7. The zero-order chi connectivity index (χ0) is 30.8. The van der Waals surface area contributed by atoms with Crippen LogP contribution in [0.5, 0.6) is 0 Å². The van der Waals surface area contributed by atoms with E-state index in [4.69, 9.17) is 19.4 Å². The Balaban J connectivity index is 1.21. The molecule has 7 rings (SSSR count). The maximum absolute atomic E-state index is 13.5. The fourth-order valence-corrected chi connectivity index (χ4v) is 6.38. The summed E-state index contributed by atoms with van der Waals surface area (Å²) in [7, 11) is 3.72. The SMILES string of the molecule is CO[C@H]1CCC1NC(=O)c1cnn2c(N(C)Cc3ccccc3)cc(-c3cnc4n(CCCN5CCOCC5)cccc3-4)nc12. The number of aryl methyl sites for hydroxylation is 1. The minimum Gasteiger partial charge on any atom is -0.379 e. The van der Waals surface area contributed by atoms with Crippen LogP contribution < -0.4 is 10.2 Å². The second-order valence-electron chi connectivity index (χ2n) is 12.0. The van der Waals surface area contributed by atoms with Crippen LogP contribution in [0.2, 0.25) is 0 Å². The number of nitrogens with one attached hydrogen (secondary N) is 1. The Kier molecular flexibility index (Phi) is 8.47. The zero-order valence-electron chi connectivity index (χ0n) is 25.9. The summed E-state index contributed by atoms with van der Waals surface area (Å²) in [6.07, 6.45) is 8.52. The van der Waals surface area contributed by atoms with Crippen molar-refractivity contribution in [2.24, 2.45) is 0 Å². The number of anilines is 1. The summed E-state index contributed by atoms with van der Waals surface area (Å²) >= 11 is 0. The van der Waals surface area contributed by atoms with Crippen LogP contribution in [0.1, 0.15) is 35.2 Å². The molecule has 5 heterocycles. The average Bonchev–Trinajstić information content (AvgIpc) is 3.69. The first-order chi connectivity index (χ1) is 22.1. The molecule has 1 aromatic carbocycles. The van der Waals surface area contributed by atoms with E-state index >= 15 is 0 Å². The molecule has 234 valence electrons. The number of morpholine rings is 1. The number of aromatic nitrogens is 5.